The molecule has 5 aliphatic rings. The Morgan fingerprint density at radius 2 is 1.83 bits per heavy atom. The minimum absolute atomic E-state index is 0.0818. The molecule has 2 N–H and O–H groups in total. The lowest BCUT2D eigenvalue weighted by atomic mass is 9.43. The van der Waals surface area contributed by atoms with Gasteiger partial charge in [-0.05, 0) is 63.1 Å². The molecule has 12 heteroatoms. The van der Waals surface area contributed by atoms with Crippen LogP contribution in [0.4, 0.5) is 27.6 Å². The Kier molecular flexibility index (Phi) is 6.04. The van der Waals surface area contributed by atoms with Crippen LogP contribution in [0.15, 0.2) is 30.3 Å². The second kappa shape index (κ2) is 8.87. The molecule has 2 bridgehead atoms. The third-order valence-corrected chi connectivity index (χ3v) is 9.85. The minimum Gasteiger partial charge on any atom is -0.493 e. The van der Waals surface area contributed by atoms with Crippen LogP contribution >= 0.6 is 0 Å². The first-order valence-electron chi connectivity index (χ1n) is 13.4. The molecule has 2 amide bonds. The number of amides is 2. The molecule has 0 aromatic heterocycles. The maximum atomic E-state index is 14.6. The van der Waals surface area contributed by atoms with Crippen LogP contribution in [0, 0.1) is 17.6 Å². The van der Waals surface area contributed by atoms with Crippen LogP contribution < -0.4 is 15.4 Å². The van der Waals surface area contributed by atoms with Gasteiger partial charge in [0.2, 0.25) is 5.82 Å². The molecule has 2 aromatic carbocycles. The zero-order chi connectivity index (χ0) is 29.7. The smallest absolute Gasteiger partial charge is 0.417 e. The van der Waals surface area contributed by atoms with Gasteiger partial charge in [0.1, 0.15) is 6.10 Å². The normalized spacial score (nSPS) is 33.7. The molecule has 0 spiro atoms. The van der Waals surface area contributed by atoms with Crippen molar-refractivity contribution in [2.45, 2.75) is 74.5 Å². The standard InChI is InChI=1S/C29H30F5N3O4/c1-14-20(18-7-8-19(30)21(31)22(18)40-4)23(41-26(14,2)29(32,33)34)24(38)36-16-5-6-17-15(9-16)10-37(25(17)39)28-11-27(12-28,13-28)35-3/h5-9,14,20,23,35H,10-13H2,1-4H3,(H,36,38)/t14-,20-,23+,26+,27?,28?/m0/s1. The lowest BCUT2D eigenvalue weighted by molar-refractivity contribution is -0.272. The van der Waals surface area contributed by atoms with E-state index in [1.54, 1.807) is 12.1 Å². The van der Waals surface area contributed by atoms with E-state index in [1.807, 2.05) is 11.9 Å². The Hall–Kier alpha value is -3.25. The van der Waals surface area contributed by atoms with Gasteiger partial charge < -0.3 is 25.0 Å². The highest BCUT2D eigenvalue weighted by Gasteiger charge is 2.71. The molecule has 220 valence electrons. The Morgan fingerprint density at radius 3 is 2.44 bits per heavy atom. The van der Waals surface area contributed by atoms with Crippen LogP contribution in [0.3, 0.4) is 0 Å². The number of methoxy groups -OCH3 is 1. The molecule has 7 rings (SSSR count). The minimum atomic E-state index is -4.86. The Balaban J connectivity index is 1.28. The van der Waals surface area contributed by atoms with Gasteiger partial charge >= 0.3 is 6.18 Å². The van der Waals surface area contributed by atoms with E-state index in [0.29, 0.717) is 17.7 Å². The molecular weight excluding hydrogens is 549 g/mol. The van der Waals surface area contributed by atoms with Gasteiger partial charge in [0.15, 0.2) is 17.2 Å². The third kappa shape index (κ3) is 3.82. The largest absolute Gasteiger partial charge is 0.493 e. The van der Waals surface area contributed by atoms with Gasteiger partial charge in [-0.2, -0.15) is 17.6 Å². The predicted molar refractivity (Wildman–Crippen MR) is 137 cm³/mol. The molecule has 2 aromatic rings. The van der Waals surface area contributed by atoms with Crippen LogP contribution in [0.1, 0.15) is 60.5 Å². The van der Waals surface area contributed by atoms with Gasteiger partial charge in [0.05, 0.1) is 7.11 Å². The zero-order valence-electron chi connectivity index (χ0n) is 22.9. The van der Waals surface area contributed by atoms with E-state index in [4.69, 9.17) is 9.47 Å². The number of rotatable bonds is 6. The van der Waals surface area contributed by atoms with E-state index >= 15 is 0 Å². The molecule has 4 fully saturated rings. The molecule has 3 aliphatic carbocycles. The van der Waals surface area contributed by atoms with Crippen molar-refractivity contribution in [1.82, 2.24) is 10.2 Å². The number of ether oxygens (including phenoxy) is 2. The van der Waals surface area contributed by atoms with Crippen molar-refractivity contribution in [1.29, 1.82) is 0 Å². The van der Waals surface area contributed by atoms with Crippen LogP contribution in [-0.4, -0.2) is 59.8 Å². The number of hydrogen-bond acceptors (Lipinski definition) is 5. The summed E-state index contributed by atoms with van der Waals surface area (Å²) in [5.74, 6) is -6.84. The first kappa shape index (κ1) is 27.9. The third-order valence-electron chi connectivity index (χ3n) is 9.85. The summed E-state index contributed by atoms with van der Waals surface area (Å²) in [5.41, 5.74) is -1.44. The molecular formula is C29H30F5N3O4. The number of carbonyl (C=O) groups is 2. The molecule has 2 heterocycles. The van der Waals surface area contributed by atoms with Crippen molar-refractivity contribution in [3.63, 3.8) is 0 Å². The van der Waals surface area contributed by atoms with E-state index in [1.165, 1.54) is 13.0 Å². The topological polar surface area (TPSA) is 79.9 Å². The monoisotopic (exact) mass is 579 g/mol. The summed E-state index contributed by atoms with van der Waals surface area (Å²) in [7, 11) is 2.98. The van der Waals surface area contributed by atoms with Crippen molar-refractivity contribution < 1.29 is 41.0 Å². The lowest BCUT2D eigenvalue weighted by Gasteiger charge is -2.73. The molecule has 3 saturated carbocycles. The first-order chi connectivity index (χ1) is 19.2. The summed E-state index contributed by atoms with van der Waals surface area (Å²) >= 11 is 0. The number of carbonyl (C=O) groups excluding carboxylic acids is 2. The maximum absolute atomic E-state index is 14.6. The Morgan fingerprint density at radius 1 is 1.15 bits per heavy atom. The second-order valence-electron chi connectivity index (χ2n) is 12.0. The zero-order valence-corrected chi connectivity index (χ0v) is 22.9. The molecule has 4 atom stereocenters. The fourth-order valence-electron chi connectivity index (χ4n) is 7.32. The van der Waals surface area contributed by atoms with Gasteiger partial charge in [-0.1, -0.05) is 13.0 Å². The summed E-state index contributed by atoms with van der Waals surface area (Å²) in [6.45, 7) is 2.46. The van der Waals surface area contributed by atoms with Crippen LogP contribution in [0.2, 0.25) is 0 Å². The number of anilines is 1. The molecule has 2 aliphatic heterocycles. The molecule has 41 heavy (non-hydrogen) atoms. The number of nitrogens with one attached hydrogen (secondary N) is 2. The van der Waals surface area contributed by atoms with Gasteiger partial charge in [0.25, 0.3) is 11.8 Å². The number of benzene rings is 2. The lowest BCUT2D eigenvalue weighted by Crippen LogP contribution is -2.82. The number of nitrogens with zero attached hydrogens (tertiary/aromatic N) is 1. The number of halogens is 5. The molecule has 1 saturated heterocycles. The van der Waals surface area contributed by atoms with Gasteiger partial charge in [0, 0.05) is 46.3 Å². The van der Waals surface area contributed by atoms with E-state index in [0.717, 1.165) is 45.4 Å². The van der Waals surface area contributed by atoms with E-state index in [-0.39, 0.29) is 28.2 Å². The fourth-order valence-corrected chi connectivity index (χ4v) is 7.32. The van der Waals surface area contributed by atoms with Crippen molar-refractivity contribution >= 4 is 17.5 Å². The summed E-state index contributed by atoms with van der Waals surface area (Å²) < 4.78 is 81.6. The van der Waals surface area contributed by atoms with Gasteiger partial charge in [-0.25, -0.2) is 4.39 Å². The highest BCUT2D eigenvalue weighted by molar-refractivity contribution is 6.01. The van der Waals surface area contributed by atoms with E-state index in [2.05, 4.69) is 10.6 Å². The predicted octanol–water partition coefficient (Wildman–Crippen LogP) is 4.90. The average molecular weight is 580 g/mol. The fraction of sp³-hybridized carbons (Fsp3) is 0.517. The highest BCUT2D eigenvalue weighted by atomic mass is 19.4. The van der Waals surface area contributed by atoms with Gasteiger partial charge in [-0.15, -0.1) is 0 Å². The number of hydrogen-bond donors (Lipinski definition) is 2. The summed E-state index contributed by atoms with van der Waals surface area (Å²) in [6.07, 6.45) is -3.94. The number of fused-ring (bicyclic) bond motifs is 1. The van der Waals surface area contributed by atoms with Crippen molar-refractivity contribution in [3.05, 3.63) is 58.7 Å². The Bertz CT molecular complexity index is 1440. The van der Waals surface area contributed by atoms with Crippen LogP contribution in [0.25, 0.3) is 0 Å². The molecule has 0 unspecified atom stereocenters. The quantitative estimate of drug-likeness (QED) is 0.476. The van der Waals surface area contributed by atoms with Crippen molar-refractivity contribution in [2.75, 3.05) is 19.5 Å². The summed E-state index contributed by atoms with van der Waals surface area (Å²) in [4.78, 5) is 28.5. The van der Waals surface area contributed by atoms with E-state index < -0.39 is 53.0 Å². The maximum Gasteiger partial charge on any atom is 0.417 e. The number of alkyl halides is 3. The van der Waals surface area contributed by atoms with E-state index in [9.17, 15) is 31.5 Å². The molecule has 7 nitrogen and oxygen atoms in total. The SMILES string of the molecule is CNC12CC(N3Cc4cc(NC(=O)[C@@H]5O[C@@](C)(C(F)(F)F)[C@@H](C)[C@H]5c5ccc(F)c(F)c5OC)ccc4C3=O)(C1)C2. The summed E-state index contributed by atoms with van der Waals surface area (Å²) in [5, 5.41) is 5.95. The van der Waals surface area contributed by atoms with Gasteiger partial charge in [-0.3, -0.25) is 9.59 Å². The average Bonchev–Trinajstić information content (AvgIpc) is 3.33. The molecule has 0 radical (unpaired) electrons. The van der Waals surface area contributed by atoms with Crippen LogP contribution in [-0.2, 0) is 16.1 Å². The summed E-state index contributed by atoms with van der Waals surface area (Å²) in [6, 6.07) is 6.65. The van der Waals surface area contributed by atoms with Crippen LogP contribution in [0.5, 0.6) is 5.75 Å². The first-order valence-corrected chi connectivity index (χ1v) is 13.4. The Labute approximate surface area is 233 Å². The second-order valence-corrected chi connectivity index (χ2v) is 12.0. The van der Waals surface area contributed by atoms with Crippen molar-refractivity contribution in [2.24, 2.45) is 5.92 Å². The highest BCUT2D eigenvalue weighted by Crippen LogP contribution is 2.64. The van der Waals surface area contributed by atoms with Crippen molar-refractivity contribution in [3.8, 4) is 5.75 Å².